The minimum atomic E-state index is -4.74. The van der Waals surface area contributed by atoms with Crippen molar-refractivity contribution in [2.24, 2.45) is 0 Å². The highest BCUT2D eigenvalue weighted by Gasteiger charge is 2.38. The molecule has 0 spiro atoms. The highest BCUT2D eigenvalue weighted by Crippen LogP contribution is 2.48. The Morgan fingerprint density at radius 3 is 2.51 bits per heavy atom. The van der Waals surface area contributed by atoms with E-state index in [0.717, 1.165) is 18.2 Å². The van der Waals surface area contributed by atoms with Crippen LogP contribution in [0.5, 0.6) is 0 Å². The van der Waals surface area contributed by atoms with Crippen molar-refractivity contribution in [3.05, 3.63) is 64.9 Å². The number of anilines is 1. The Hall–Kier alpha value is -3.38. The largest absolute Gasteiger partial charge is 0.417 e. The van der Waals surface area contributed by atoms with Crippen molar-refractivity contribution in [3.63, 3.8) is 0 Å². The van der Waals surface area contributed by atoms with Crippen molar-refractivity contribution in [3.8, 4) is 11.1 Å². The molecule has 0 radical (unpaired) electrons. The van der Waals surface area contributed by atoms with Crippen LogP contribution in [0.15, 0.2) is 52.7 Å². The van der Waals surface area contributed by atoms with Crippen molar-refractivity contribution in [1.29, 1.82) is 0 Å². The van der Waals surface area contributed by atoms with Gasteiger partial charge in [-0.25, -0.2) is 9.18 Å². The quantitative estimate of drug-likeness (QED) is 0.336. The summed E-state index contributed by atoms with van der Waals surface area (Å²) in [7, 11) is 0. The number of carbonyl (C=O) groups is 1. The van der Waals surface area contributed by atoms with E-state index < -0.39 is 29.4 Å². The lowest BCUT2D eigenvalue weighted by molar-refractivity contribution is -0.137. The average Bonchev–Trinajstić information content (AvgIpc) is 3.11. The Morgan fingerprint density at radius 2 is 1.90 bits per heavy atom. The Morgan fingerprint density at radius 1 is 1.21 bits per heavy atom. The number of thioether (sulfide) groups is 1. The van der Waals surface area contributed by atoms with E-state index in [1.165, 1.54) is 34.5 Å². The third kappa shape index (κ3) is 5.14. The molecule has 1 atom stereocenters. The van der Waals surface area contributed by atoms with Gasteiger partial charge < -0.3 is 14.5 Å². The molecule has 0 saturated carbocycles. The summed E-state index contributed by atoms with van der Waals surface area (Å²) in [6, 6.07) is 5.90. The summed E-state index contributed by atoms with van der Waals surface area (Å²) in [6.07, 6.45) is -3.96. The summed E-state index contributed by atoms with van der Waals surface area (Å²) < 4.78 is 64.8. The Kier molecular flexibility index (Phi) is 7.43. The van der Waals surface area contributed by atoms with E-state index in [9.17, 15) is 27.2 Å². The molecule has 1 amide bonds. The molecule has 2 aliphatic rings. The molecule has 0 bridgehead atoms. The fraction of sp³-hybridized carbons (Fsp3) is 0.370. The number of rotatable bonds is 5. The number of amides is 1. The minimum absolute atomic E-state index is 0.108. The fourth-order valence-corrected chi connectivity index (χ4v) is 6.39. The van der Waals surface area contributed by atoms with E-state index in [0.29, 0.717) is 31.0 Å². The standard InChI is InChI=1S/C27H26F4N4O3S/c1-3-21(36)33-9-11-34(12-10-33)25-19-13-20(27(29,30)31)22(16-5-7-17(28)8-6-16)24-23(19)35(26(37)32-25)14-18(15-39-24)38-4-2/h3,5-8,13,18H,1,4,9-12,14-15H2,2H3/t18-/m1/s1. The predicted molar refractivity (Wildman–Crippen MR) is 142 cm³/mol. The maximum Gasteiger partial charge on any atom is 0.417 e. The third-order valence-corrected chi connectivity index (χ3v) is 8.13. The van der Waals surface area contributed by atoms with Crippen LogP contribution in [0.1, 0.15) is 12.5 Å². The predicted octanol–water partition coefficient (Wildman–Crippen LogP) is 4.57. The second-order valence-electron chi connectivity index (χ2n) is 9.26. The lowest BCUT2D eigenvalue weighted by Crippen LogP contribution is -2.49. The van der Waals surface area contributed by atoms with Gasteiger partial charge >= 0.3 is 11.9 Å². The molecular weight excluding hydrogens is 536 g/mol. The first-order chi connectivity index (χ1) is 18.6. The normalized spacial score (nSPS) is 17.8. The molecule has 3 aromatic rings. The first-order valence-corrected chi connectivity index (χ1v) is 13.5. The van der Waals surface area contributed by atoms with Crippen molar-refractivity contribution in [2.45, 2.75) is 30.6 Å². The number of piperazine rings is 1. The number of hydrogen-bond donors (Lipinski definition) is 0. The summed E-state index contributed by atoms with van der Waals surface area (Å²) in [4.78, 5) is 33.3. The maximum atomic E-state index is 14.6. The first kappa shape index (κ1) is 27.2. The fourth-order valence-electron chi connectivity index (χ4n) is 5.11. The van der Waals surface area contributed by atoms with Crippen LogP contribution in [0.4, 0.5) is 23.4 Å². The zero-order chi connectivity index (χ0) is 27.9. The number of aromatic nitrogens is 2. The van der Waals surface area contributed by atoms with Gasteiger partial charge in [0.15, 0.2) is 0 Å². The number of benzene rings is 2. The molecule has 5 rings (SSSR count). The molecule has 0 N–H and O–H groups in total. The topological polar surface area (TPSA) is 67.7 Å². The van der Waals surface area contributed by atoms with E-state index >= 15 is 0 Å². The van der Waals surface area contributed by atoms with E-state index in [4.69, 9.17) is 4.74 Å². The molecule has 2 aliphatic heterocycles. The van der Waals surface area contributed by atoms with Crippen LogP contribution in [-0.2, 0) is 22.3 Å². The SMILES string of the molecule is C=CC(=O)N1CCN(c2nc(=O)n3c4c(c(-c5ccc(F)cc5)c(C(F)(F)F)cc24)SC[C@H](OCC)C3)CC1. The van der Waals surface area contributed by atoms with Crippen LogP contribution in [0, 0.1) is 5.82 Å². The number of halogens is 4. The van der Waals surface area contributed by atoms with E-state index in [1.807, 2.05) is 6.92 Å². The van der Waals surface area contributed by atoms with Crippen LogP contribution in [0.25, 0.3) is 22.0 Å². The lowest BCUT2D eigenvalue weighted by atomic mass is 9.96. The van der Waals surface area contributed by atoms with Crippen LogP contribution < -0.4 is 10.6 Å². The molecule has 1 saturated heterocycles. The van der Waals surface area contributed by atoms with Gasteiger partial charge in [-0.1, -0.05) is 18.7 Å². The Bertz CT molecular complexity index is 1480. The second kappa shape index (κ2) is 10.6. The highest BCUT2D eigenvalue weighted by atomic mass is 32.2. The molecule has 2 aromatic carbocycles. The number of nitrogens with zero attached hydrogens (tertiary/aromatic N) is 4. The molecule has 12 heteroatoms. The molecule has 1 aromatic heterocycles. The molecule has 0 unspecified atom stereocenters. The first-order valence-electron chi connectivity index (χ1n) is 12.5. The molecule has 0 aliphatic carbocycles. The number of alkyl halides is 3. The summed E-state index contributed by atoms with van der Waals surface area (Å²) in [5.74, 6) is -0.347. The maximum absolute atomic E-state index is 14.6. The summed E-state index contributed by atoms with van der Waals surface area (Å²) in [5, 5.41) is 0.191. The van der Waals surface area contributed by atoms with Gasteiger partial charge in [-0.05, 0) is 36.8 Å². The van der Waals surface area contributed by atoms with Crippen molar-refractivity contribution in [1.82, 2.24) is 14.5 Å². The van der Waals surface area contributed by atoms with Crippen molar-refractivity contribution in [2.75, 3.05) is 43.4 Å². The Balaban J connectivity index is 1.78. The molecule has 7 nitrogen and oxygen atoms in total. The van der Waals surface area contributed by atoms with E-state index in [1.54, 1.807) is 9.80 Å². The van der Waals surface area contributed by atoms with Gasteiger partial charge in [-0.2, -0.15) is 18.2 Å². The molecule has 206 valence electrons. The molecule has 3 heterocycles. The van der Waals surface area contributed by atoms with Crippen molar-refractivity contribution >= 4 is 34.4 Å². The van der Waals surface area contributed by atoms with Crippen LogP contribution in [0.2, 0.25) is 0 Å². The highest BCUT2D eigenvalue weighted by molar-refractivity contribution is 7.99. The van der Waals surface area contributed by atoms with Gasteiger partial charge in [0.25, 0.3) is 0 Å². The number of hydrogen-bond acceptors (Lipinski definition) is 6. The molecule has 39 heavy (non-hydrogen) atoms. The van der Waals surface area contributed by atoms with Gasteiger partial charge in [-0.3, -0.25) is 9.36 Å². The molecular formula is C27H26F4N4O3S. The molecule has 1 fully saturated rings. The van der Waals surface area contributed by atoms with Gasteiger partial charge in [0.05, 0.1) is 23.7 Å². The summed E-state index contributed by atoms with van der Waals surface area (Å²) >= 11 is 1.19. The van der Waals surface area contributed by atoms with Crippen molar-refractivity contribution < 1.29 is 27.1 Å². The van der Waals surface area contributed by atoms with Crippen LogP contribution in [-0.4, -0.2) is 65.0 Å². The monoisotopic (exact) mass is 562 g/mol. The van der Waals surface area contributed by atoms with Gasteiger partial charge in [0, 0.05) is 54.4 Å². The Labute approximate surface area is 226 Å². The zero-order valence-corrected chi connectivity index (χ0v) is 21.9. The van der Waals surface area contributed by atoms with E-state index in [2.05, 4.69) is 11.6 Å². The van der Waals surface area contributed by atoms with Gasteiger partial charge in [0.2, 0.25) is 5.91 Å². The number of carbonyl (C=O) groups excluding carboxylic acids is 1. The lowest BCUT2D eigenvalue weighted by Gasteiger charge is -2.35. The number of ether oxygens (including phenoxy) is 1. The smallest absolute Gasteiger partial charge is 0.376 e. The minimum Gasteiger partial charge on any atom is -0.376 e. The van der Waals surface area contributed by atoms with Gasteiger partial charge in [-0.15, -0.1) is 11.8 Å². The summed E-state index contributed by atoms with van der Waals surface area (Å²) in [5.41, 5.74) is -1.07. The van der Waals surface area contributed by atoms with Crippen LogP contribution in [0.3, 0.4) is 0 Å². The second-order valence-corrected chi connectivity index (χ2v) is 10.3. The average molecular weight is 563 g/mol. The van der Waals surface area contributed by atoms with Gasteiger partial charge in [0.1, 0.15) is 11.6 Å². The summed E-state index contributed by atoms with van der Waals surface area (Å²) in [6.45, 7) is 7.01. The third-order valence-electron chi connectivity index (χ3n) is 6.90. The zero-order valence-electron chi connectivity index (χ0n) is 21.1. The van der Waals surface area contributed by atoms with E-state index in [-0.39, 0.29) is 52.8 Å². The van der Waals surface area contributed by atoms with Crippen LogP contribution >= 0.6 is 11.8 Å².